The van der Waals surface area contributed by atoms with Crippen LogP contribution in [0.2, 0.25) is 0 Å². The molecule has 0 atom stereocenters. The molecular formula is C11H18FN3O. The van der Waals surface area contributed by atoms with Crippen molar-refractivity contribution in [3.63, 3.8) is 0 Å². The summed E-state index contributed by atoms with van der Waals surface area (Å²) in [4.78, 5) is 12.6. The molecule has 1 heterocycles. The van der Waals surface area contributed by atoms with Crippen molar-refractivity contribution in [1.29, 1.82) is 5.26 Å². The molecule has 0 aliphatic carbocycles. The molecule has 1 fully saturated rings. The molecule has 0 aromatic heterocycles. The summed E-state index contributed by atoms with van der Waals surface area (Å²) in [6, 6.07) is 2.21. The second kappa shape index (κ2) is 7.83. The number of likely N-dealkylation sites (tertiary alicyclic amines) is 1. The molecule has 0 aromatic carbocycles. The molecule has 5 heteroatoms. The van der Waals surface area contributed by atoms with Crippen molar-refractivity contribution in [2.45, 2.75) is 25.8 Å². The fourth-order valence-corrected chi connectivity index (χ4v) is 1.54. The quantitative estimate of drug-likeness (QED) is 0.721. The van der Waals surface area contributed by atoms with Gasteiger partial charge in [0.05, 0.1) is 6.07 Å². The fourth-order valence-electron chi connectivity index (χ4n) is 1.54. The maximum absolute atomic E-state index is 12.5. The smallest absolute Gasteiger partial charge is 0.281 e. The molecule has 0 spiro atoms. The average Bonchev–Trinajstić information content (AvgIpc) is 2.29. The zero-order valence-corrected chi connectivity index (χ0v) is 9.79. The van der Waals surface area contributed by atoms with Crippen molar-refractivity contribution < 1.29 is 9.18 Å². The number of hydrogen-bond donors (Lipinski definition) is 1. The van der Waals surface area contributed by atoms with E-state index < -0.39 is 11.7 Å². The van der Waals surface area contributed by atoms with Crippen LogP contribution < -0.4 is 5.32 Å². The van der Waals surface area contributed by atoms with E-state index in [1.54, 1.807) is 6.07 Å². The minimum absolute atomic E-state index is 0.455. The van der Waals surface area contributed by atoms with Gasteiger partial charge in [0, 0.05) is 26.1 Å². The van der Waals surface area contributed by atoms with Gasteiger partial charge in [-0.1, -0.05) is 6.58 Å². The number of nitriles is 1. The summed E-state index contributed by atoms with van der Waals surface area (Å²) in [6.45, 7) is 5.66. The zero-order valence-electron chi connectivity index (χ0n) is 9.79. The Bertz CT molecular complexity index is 277. The molecule has 1 aliphatic heterocycles. The highest BCUT2D eigenvalue weighted by atomic mass is 19.1. The molecule has 4 nitrogen and oxygen atoms in total. The number of nitrogens with one attached hydrogen (secondary N) is 1. The normalized spacial score (nSPS) is 15.8. The largest absolute Gasteiger partial charge is 0.337 e. The lowest BCUT2D eigenvalue weighted by Gasteiger charge is -2.31. The average molecular weight is 227 g/mol. The van der Waals surface area contributed by atoms with Gasteiger partial charge in [0.2, 0.25) is 0 Å². The number of rotatable bonds is 2. The first-order valence-electron chi connectivity index (χ1n) is 5.18. The van der Waals surface area contributed by atoms with E-state index in [1.165, 1.54) is 11.8 Å². The van der Waals surface area contributed by atoms with E-state index in [9.17, 15) is 9.18 Å². The predicted molar refractivity (Wildman–Crippen MR) is 60.2 cm³/mol. The number of hydrogen-bond acceptors (Lipinski definition) is 3. The Kier molecular flexibility index (Phi) is 7.14. The molecule has 1 saturated heterocycles. The van der Waals surface area contributed by atoms with Crippen molar-refractivity contribution in [2.75, 3.05) is 20.1 Å². The first-order chi connectivity index (χ1) is 7.56. The van der Waals surface area contributed by atoms with E-state index in [0.717, 1.165) is 12.8 Å². The molecule has 0 radical (unpaired) electrons. The van der Waals surface area contributed by atoms with Gasteiger partial charge >= 0.3 is 0 Å². The van der Waals surface area contributed by atoms with Gasteiger partial charge < -0.3 is 10.2 Å². The summed E-state index contributed by atoms with van der Waals surface area (Å²) in [6.07, 6.45) is 1.77. The predicted octanol–water partition coefficient (Wildman–Crippen LogP) is 1.21. The van der Waals surface area contributed by atoms with Crippen LogP contribution in [-0.4, -0.2) is 37.0 Å². The highest BCUT2D eigenvalue weighted by Gasteiger charge is 2.22. The zero-order chi connectivity index (χ0) is 12.6. The van der Waals surface area contributed by atoms with Gasteiger partial charge in [-0.2, -0.15) is 5.26 Å². The summed E-state index contributed by atoms with van der Waals surface area (Å²) in [5.41, 5.74) is 0. The molecule has 0 aromatic rings. The maximum atomic E-state index is 12.5. The lowest BCUT2D eigenvalue weighted by Crippen LogP contribution is -2.44. The fraction of sp³-hybridized carbons (Fsp3) is 0.636. The Morgan fingerprint density at radius 3 is 2.31 bits per heavy atom. The highest BCUT2D eigenvalue weighted by molar-refractivity contribution is 5.90. The number of piperidine rings is 1. The molecule has 1 N–H and O–H groups in total. The van der Waals surface area contributed by atoms with Crippen molar-refractivity contribution in [3.8, 4) is 6.07 Å². The molecule has 1 rings (SSSR count). The van der Waals surface area contributed by atoms with Gasteiger partial charge in [-0.05, 0) is 19.9 Å². The van der Waals surface area contributed by atoms with E-state index in [2.05, 4.69) is 11.9 Å². The monoisotopic (exact) mass is 227 g/mol. The van der Waals surface area contributed by atoms with Crippen molar-refractivity contribution in [1.82, 2.24) is 10.2 Å². The van der Waals surface area contributed by atoms with Gasteiger partial charge in [0.1, 0.15) is 0 Å². The topological polar surface area (TPSA) is 56.1 Å². The van der Waals surface area contributed by atoms with E-state index >= 15 is 0 Å². The van der Waals surface area contributed by atoms with Crippen molar-refractivity contribution in [3.05, 3.63) is 12.4 Å². The SMILES string of the molecule is C=C(F)C(=O)N1CCC(NC)CC1.CC#N. The second-order valence-corrected chi connectivity index (χ2v) is 3.48. The maximum Gasteiger partial charge on any atom is 0.281 e. The highest BCUT2D eigenvalue weighted by Crippen LogP contribution is 2.12. The second-order valence-electron chi connectivity index (χ2n) is 3.48. The number of halogens is 1. The summed E-state index contributed by atoms with van der Waals surface area (Å²) >= 11 is 0. The van der Waals surface area contributed by atoms with Crippen LogP contribution in [0.5, 0.6) is 0 Å². The lowest BCUT2D eigenvalue weighted by atomic mass is 10.1. The summed E-state index contributed by atoms with van der Waals surface area (Å²) in [5.74, 6) is -1.42. The van der Waals surface area contributed by atoms with E-state index in [1.807, 2.05) is 7.05 Å². The Morgan fingerprint density at radius 1 is 1.56 bits per heavy atom. The number of nitrogens with zero attached hydrogens (tertiary/aromatic N) is 2. The van der Waals surface area contributed by atoms with Gasteiger partial charge in [0.25, 0.3) is 5.91 Å². The van der Waals surface area contributed by atoms with Crippen molar-refractivity contribution >= 4 is 5.91 Å². The minimum Gasteiger partial charge on any atom is -0.337 e. The van der Waals surface area contributed by atoms with Crippen LogP contribution in [-0.2, 0) is 4.79 Å². The van der Waals surface area contributed by atoms with E-state index in [0.29, 0.717) is 19.1 Å². The Labute approximate surface area is 95.7 Å². The number of amides is 1. The van der Waals surface area contributed by atoms with E-state index in [-0.39, 0.29) is 0 Å². The van der Waals surface area contributed by atoms with Gasteiger partial charge in [0.15, 0.2) is 5.83 Å². The number of carbonyl (C=O) groups is 1. The van der Waals surface area contributed by atoms with Crippen LogP contribution in [0.15, 0.2) is 12.4 Å². The van der Waals surface area contributed by atoms with Crippen LogP contribution >= 0.6 is 0 Å². The standard InChI is InChI=1S/C9H15FN2O.C2H3N/c1-7(10)9(13)12-5-3-8(11-2)4-6-12;1-2-3/h8,11H,1,3-6H2,2H3;1H3. The van der Waals surface area contributed by atoms with Crippen LogP contribution in [0.1, 0.15) is 19.8 Å². The van der Waals surface area contributed by atoms with Gasteiger partial charge in [-0.3, -0.25) is 4.79 Å². The Balaban J connectivity index is 0.000000673. The number of carbonyl (C=O) groups excluding carboxylic acids is 1. The Hall–Kier alpha value is -1.41. The summed E-state index contributed by atoms with van der Waals surface area (Å²) in [7, 11) is 1.90. The third-order valence-corrected chi connectivity index (χ3v) is 2.42. The summed E-state index contributed by atoms with van der Waals surface area (Å²) in [5, 5.41) is 10.5. The van der Waals surface area contributed by atoms with E-state index in [4.69, 9.17) is 5.26 Å². The third-order valence-electron chi connectivity index (χ3n) is 2.42. The first kappa shape index (κ1) is 14.6. The Morgan fingerprint density at radius 2 is 2.00 bits per heavy atom. The molecule has 16 heavy (non-hydrogen) atoms. The molecular weight excluding hydrogens is 209 g/mol. The van der Waals surface area contributed by atoms with Crippen molar-refractivity contribution in [2.24, 2.45) is 0 Å². The molecule has 0 unspecified atom stereocenters. The van der Waals surface area contributed by atoms with Gasteiger partial charge in [-0.25, -0.2) is 4.39 Å². The molecule has 1 amide bonds. The first-order valence-corrected chi connectivity index (χ1v) is 5.18. The van der Waals surface area contributed by atoms with Crippen LogP contribution in [0.3, 0.4) is 0 Å². The van der Waals surface area contributed by atoms with Crippen LogP contribution in [0, 0.1) is 11.3 Å². The molecule has 0 saturated carbocycles. The minimum atomic E-state index is -0.858. The van der Waals surface area contributed by atoms with Crippen LogP contribution in [0.25, 0.3) is 0 Å². The van der Waals surface area contributed by atoms with Crippen LogP contribution in [0.4, 0.5) is 4.39 Å². The molecule has 90 valence electrons. The molecule has 1 aliphatic rings. The summed E-state index contributed by atoms with van der Waals surface area (Å²) < 4.78 is 12.5. The third kappa shape index (κ3) is 4.89. The lowest BCUT2D eigenvalue weighted by molar-refractivity contribution is -0.129. The van der Waals surface area contributed by atoms with Gasteiger partial charge in [-0.15, -0.1) is 0 Å². The molecule has 0 bridgehead atoms.